The molecule has 0 saturated heterocycles. The van der Waals surface area contributed by atoms with Crippen LogP contribution in [0.25, 0.3) is 0 Å². The van der Waals surface area contributed by atoms with E-state index in [1.807, 2.05) is 0 Å². The molecule has 0 aromatic rings. The SMILES string of the molecule is O=P([O-])([O-])[O-].[Ce+3].[K+]. The molecule has 33 valence electrons. The van der Waals surface area contributed by atoms with Gasteiger partial charge in [0.2, 0.25) is 0 Å². The summed E-state index contributed by atoms with van der Waals surface area (Å²) in [5, 5.41) is 0. The van der Waals surface area contributed by atoms with Gasteiger partial charge in [0, 0.05) is 0 Å². The van der Waals surface area contributed by atoms with Crippen LogP contribution in [0.1, 0.15) is 0 Å². The van der Waals surface area contributed by atoms with Crippen molar-refractivity contribution in [1.29, 1.82) is 0 Å². The first-order valence-electron chi connectivity index (χ1n) is 0.730. The number of hydrogen-bond acceptors (Lipinski definition) is 4. The number of rotatable bonds is 0. The van der Waals surface area contributed by atoms with Gasteiger partial charge in [-0.2, -0.15) is 7.82 Å². The van der Waals surface area contributed by atoms with E-state index in [4.69, 9.17) is 19.2 Å². The van der Waals surface area contributed by atoms with E-state index >= 15 is 0 Å². The minimum atomic E-state index is -5.39. The third-order valence-corrected chi connectivity index (χ3v) is 0. The molecule has 0 aromatic carbocycles. The molecule has 0 amide bonds. The van der Waals surface area contributed by atoms with Crippen LogP contribution in [0, 0.1) is 41.7 Å². The topological polar surface area (TPSA) is 86.2 Å². The van der Waals surface area contributed by atoms with Gasteiger partial charge in [-0.3, -0.25) is 0 Å². The Balaban J connectivity index is -0.0000000800. The summed E-state index contributed by atoms with van der Waals surface area (Å²) < 4.78 is 8.55. The van der Waals surface area contributed by atoms with Crippen LogP contribution in [0.15, 0.2) is 0 Å². The molecule has 0 unspecified atom stereocenters. The summed E-state index contributed by atoms with van der Waals surface area (Å²) >= 11 is 0. The molecule has 0 aliphatic heterocycles. The van der Waals surface area contributed by atoms with Gasteiger partial charge in [-0.25, -0.2) is 0 Å². The van der Waals surface area contributed by atoms with Crippen LogP contribution in [0.5, 0.6) is 0 Å². The molecule has 7 heteroatoms. The van der Waals surface area contributed by atoms with Crippen molar-refractivity contribution in [3.63, 3.8) is 0 Å². The molecule has 0 saturated carbocycles. The first-order valence-corrected chi connectivity index (χ1v) is 2.19. The van der Waals surface area contributed by atoms with Crippen LogP contribution in [0.4, 0.5) is 0 Å². The maximum atomic E-state index is 8.55. The van der Waals surface area contributed by atoms with Crippen LogP contribution >= 0.6 is 7.82 Å². The van der Waals surface area contributed by atoms with Crippen molar-refractivity contribution in [2.75, 3.05) is 0 Å². The summed E-state index contributed by atoms with van der Waals surface area (Å²) in [6, 6.07) is 0. The van der Waals surface area contributed by atoms with Crippen LogP contribution in [-0.2, 0) is 4.57 Å². The molecule has 0 heterocycles. The van der Waals surface area contributed by atoms with Crippen molar-refractivity contribution >= 4 is 7.82 Å². The molecule has 4 nitrogen and oxygen atoms in total. The Bertz CT molecular complexity index is 57.8. The maximum absolute atomic E-state index is 8.55. The van der Waals surface area contributed by atoms with E-state index in [1.165, 1.54) is 0 Å². The van der Waals surface area contributed by atoms with E-state index in [1.54, 1.807) is 0 Å². The zero-order valence-corrected chi connectivity index (χ0v) is 10.7. The molecule has 0 aliphatic carbocycles. The van der Waals surface area contributed by atoms with E-state index in [-0.39, 0.29) is 93.1 Å². The normalized spacial score (nSPS) is 8.43. The zero-order chi connectivity index (χ0) is 4.50. The van der Waals surface area contributed by atoms with Gasteiger partial charge in [0.05, 0.1) is 0 Å². The Kier molecular flexibility index (Phi) is 17.2. The summed E-state index contributed by atoms with van der Waals surface area (Å²) in [6.07, 6.45) is 0. The van der Waals surface area contributed by atoms with Crippen molar-refractivity contribution in [1.82, 2.24) is 0 Å². The minimum Gasteiger partial charge on any atom is -0.822 e. The fourth-order valence-corrected chi connectivity index (χ4v) is 0. The molecule has 0 aliphatic rings. The molecule has 1 radical (unpaired) electrons. The average molecular weight is 274 g/mol. The molecule has 0 fully saturated rings. The van der Waals surface area contributed by atoms with Gasteiger partial charge in [-0.1, -0.05) is 0 Å². The smallest absolute Gasteiger partial charge is 0.822 e. The summed E-state index contributed by atoms with van der Waals surface area (Å²) in [5.74, 6) is 0. The number of hydrogen-bond donors (Lipinski definition) is 0. The first kappa shape index (κ1) is 16.6. The van der Waals surface area contributed by atoms with E-state index < -0.39 is 7.82 Å². The Morgan fingerprint density at radius 2 is 1.14 bits per heavy atom. The standard InChI is InChI=1S/Ce.K.H3O4P/c;;1-5(2,3)4/h;;(H3,1,2,3,4)/q+3;+1;/p-3. The molecule has 7 heavy (non-hydrogen) atoms. The maximum Gasteiger partial charge on any atom is 3.00 e. The van der Waals surface area contributed by atoms with Gasteiger partial charge in [0.15, 0.2) is 0 Å². The largest absolute Gasteiger partial charge is 3.00 e. The van der Waals surface area contributed by atoms with Crippen molar-refractivity contribution in [2.24, 2.45) is 0 Å². The molecule has 0 N–H and O–H groups in total. The van der Waals surface area contributed by atoms with Crippen molar-refractivity contribution < 1.29 is 112 Å². The zero-order valence-electron chi connectivity index (χ0n) is 3.58. The van der Waals surface area contributed by atoms with Gasteiger partial charge in [-0.05, 0) is 0 Å². The van der Waals surface area contributed by atoms with E-state index in [2.05, 4.69) is 0 Å². The Hall–Kier alpha value is 3.12. The van der Waals surface area contributed by atoms with Gasteiger partial charge < -0.3 is 19.2 Å². The second-order valence-electron chi connectivity index (χ2n) is 0.447. The summed E-state index contributed by atoms with van der Waals surface area (Å²) in [5.41, 5.74) is 0. The van der Waals surface area contributed by atoms with Gasteiger partial charge in [-0.15, -0.1) is 0 Å². The minimum absolute atomic E-state index is 0. The van der Waals surface area contributed by atoms with Gasteiger partial charge in [0.25, 0.3) is 0 Å². The fourth-order valence-electron chi connectivity index (χ4n) is 0. The van der Waals surface area contributed by atoms with E-state index in [0.29, 0.717) is 0 Å². The van der Waals surface area contributed by atoms with Gasteiger partial charge >= 0.3 is 93.1 Å². The molecule has 0 spiro atoms. The Morgan fingerprint density at radius 3 is 1.14 bits per heavy atom. The second kappa shape index (κ2) is 7.23. The van der Waals surface area contributed by atoms with Crippen LogP contribution in [0.2, 0.25) is 0 Å². The molecular formula is CeKO4P+. The third kappa shape index (κ3) is 47.5. The van der Waals surface area contributed by atoms with Crippen LogP contribution in [0.3, 0.4) is 0 Å². The van der Waals surface area contributed by atoms with E-state index in [9.17, 15) is 0 Å². The fraction of sp³-hybridized carbons (Fsp3) is 0. The summed E-state index contributed by atoms with van der Waals surface area (Å²) in [7, 11) is -5.39. The van der Waals surface area contributed by atoms with Crippen LogP contribution in [-0.4, -0.2) is 0 Å². The number of phosphoric acid groups is 1. The molecule has 0 rings (SSSR count). The molecule has 0 bridgehead atoms. The predicted molar refractivity (Wildman–Crippen MR) is 7.61 cm³/mol. The third-order valence-electron chi connectivity index (χ3n) is 0. The molecule has 0 atom stereocenters. The van der Waals surface area contributed by atoms with Gasteiger partial charge in [0.1, 0.15) is 0 Å². The quantitative estimate of drug-likeness (QED) is 0.325. The van der Waals surface area contributed by atoms with Crippen molar-refractivity contribution in [3.8, 4) is 0 Å². The molecular weight excluding hydrogens is 274 g/mol. The first-order chi connectivity index (χ1) is 2.00. The van der Waals surface area contributed by atoms with E-state index in [0.717, 1.165) is 0 Å². The molecule has 0 aromatic heterocycles. The monoisotopic (exact) mass is 274 g/mol. The second-order valence-corrected chi connectivity index (χ2v) is 1.34. The van der Waals surface area contributed by atoms with Crippen molar-refractivity contribution in [3.05, 3.63) is 0 Å². The Morgan fingerprint density at radius 1 is 1.14 bits per heavy atom. The van der Waals surface area contributed by atoms with Crippen molar-refractivity contribution in [2.45, 2.75) is 0 Å². The van der Waals surface area contributed by atoms with Crippen LogP contribution < -0.4 is 66.1 Å². The predicted octanol–water partition coefficient (Wildman–Crippen LogP) is -5.82. The summed E-state index contributed by atoms with van der Waals surface area (Å²) in [6.45, 7) is 0. The Labute approximate surface area is 117 Å². The summed E-state index contributed by atoms with van der Waals surface area (Å²) in [4.78, 5) is 25.6. The average Bonchev–Trinajstić information content (AvgIpc) is 0.722.